The summed E-state index contributed by atoms with van der Waals surface area (Å²) in [6.45, 7) is 1.83. The van der Waals surface area contributed by atoms with E-state index in [2.05, 4.69) is 0 Å². The first-order chi connectivity index (χ1) is 8.20. The third-order valence-electron chi connectivity index (χ3n) is 2.92. The molecule has 0 amide bonds. The molecule has 0 aliphatic carbocycles. The number of allylic oxidation sites excluding steroid dienone is 1. The van der Waals surface area contributed by atoms with E-state index in [-0.39, 0.29) is 11.8 Å². The average molecular weight is 227 g/mol. The molecular formula is C13H11N2O2+. The smallest absolute Gasteiger partial charge is 0.409 e. The van der Waals surface area contributed by atoms with Gasteiger partial charge < -0.3 is 5.11 Å². The lowest BCUT2D eigenvalue weighted by molar-refractivity contribution is -0.669. The molecule has 0 radical (unpaired) electrons. The van der Waals surface area contributed by atoms with Gasteiger partial charge in [-0.05, 0) is 17.2 Å². The Morgan fingerprint density at radius 2 is 1.88 bits per heavy atom. The van der Waals surface area contributed by atoms with Gasteiger partial charge in [-0.25, -0.2) is 0 Å². The molecule has 17 heavy (non-hydrogen) atoms. The Morgan fingerprint density at radius 3 is 2.53 bits per heavy atom. The molecule has 1 aromatic carbocycles. The second-order valence-corrected chi connectivity index (χ2v) is 3.98. The predicted octanol–water partition coefficient (Wildman–Crippen LogP) is 1.62. The molecule has 3 rings (SSSR count). The Hall–Kier alpha value is -2.36. The van der Waals surface area contributed by atoms with Crippen LogP contribution in [0.25, 0.3) is 11.5 Å². The number of fused-ring (bicyclic) bond motifs is 1. The number of nitrogens with zero attached hydrogens (tertiary/aromatic N) is 2. The average Bonchev–Trinajstić information content (AvgIpc) is 2.82. The van der Waals surface area contributed by atoms with Gasteiger partial charge in [-0.3, -0.25) is 4.79 Å². The number of aliphatic hydroxyl groups is 1. The van der Waals surface area contributed by atoms with Gasteiger partial charge in [0.1, 0.15) is 0 Å². The van der Waals surface area contributed by atoms with Crippen molar-refractivity contribution in [2.24, 2.45) is 0 Å². The minimum absolute atomic E-state index is 0.0192. The van der Waals surface area contributed by atoms with Crippen LogP contribution in [0.4, 0.5) is 0 Å². The minimum atomic E-state index is -0.198. The molecule has 1 aliphatic heterocycles. The highest BCUT2D eigenvalue weighted by molar-refractivity contribution is 6.25. The lowest BCUT2D eigenvalue weighted by Gasteiger charge is -1.96. The topological polar surface area (TPSA) is 46.1 Å². The molecule has 0 spiro atoms. The second kappa shape index (κ2) is 3.31. The summed E-state index contributed by atoms with van der Waals surface area (Å²) < 4.78 is 2.91. The molecule has 1 N–H and O–H groups in total. The van der Waals surface area contributed by atoms with E-state index in [9.17, 15) is 9.90 Å². The van der Waals surface area contributed by atoms with Crippen LogP contribution in [0.5, 0.6) is 0 Å². The van der Waals surface area contributed by atoms with E-state index in [4.69, 9.17) is 0 Å². The molecule has 0 unspecified atom stereocenters. The van der Waals surface area contributed by atoms with Gasteiger partial charge in [-0.1, -0.05) is 35.0 Å². The number of aromatic nitrogens is 2. The van der Waals surface area contributed by atoms with Crippen molar-refractivity contribution < 1.29 is 14.6 Å². The van der Waals surface area contributed by atoms with E-state index in [1.165, 1.54) is 9.36 Å². The van der Waals surface area contributed by atoms with E-state index < -0.39 is 0 Å². The molecule has 1 aromatic heterocycles. The quantitative estimate of drug-likeness (QED) is 0.752. The number of hydrogen-bond donors (Lipinski definition) is 1. The van der Waals surface area contributed by atoms with Crippen LogP contribution in [0.2, 0.25) is 0 Å². The summed E-state index contributed by atoms with van der Waals surface area (Å²) in [7, 11) is 0. The van der Waals surface area contributed by atoms with Gasteiger partial charge in [0, 0.05) is 6.07 Å². The molecule has 2 aromatic rings. The molecule has 0 fully saturated rings. The van der Waals surface area contributed by atoms with Crippen molar-refractivity contribution in [2.45, 2.75) is 6.92 Å². The third kappa shape index (κ3) is 1.24. The van der Waals surface area contributed by atoms with Crippen LogP contribution >= 0.6 is 0 Å². The van der Waals surface area contributed by atoms with Crippen molar-refractivity contribution >= 4 is 17.4 Å². The van der Waals surface area contributed by atoms with Crippen molar-refractivity contribution in [3.8, 4) is 0 Å². The number of hydrogen-bond acceptors (Lipinski definition) is 2. The highest BCUT2D eigenvalue weighted by atomic mass is 16.3. The number of aryl methyl sites for hydroxylation is 1. The summed E-state index contributed by atoms with van der Waals surface area (Å²) in [6.07, 6.45) is 1.68. The first kappa shape index (κ1) is 9.84. The second-order valence-electron chi connectivity index (χ2n) is 3.98. The maximum absolute atomic E-state index is 12.2. The van der Waals surface area contributed by atoms with E-state index in [1.54, 1.807) is 12.3 Å². The van der Waals surface area contributed by atoms with Crippen molar-refractivity contribution in [1.82, 2.24) is 4.68 Å². The number of carbonyl (C=O) groups excluding carboxylic acids is 1. The molecule has 2 heterocycles. The number of benzene rings is 1. The van der Waals surface area contributed by atoms with Gasteiger partial charge in [0.15, 0.2) is 5.57 Å². The maximum atomic E-state index is 12.2. The Bertz CT molecular complexity index is 639. The molecule has 4 nitrogen and oxygen atoms in total. The molecule has 0 saturated heterocycles. The van der Waals surface area contributed by atoms with E-state index in [0.717, 1.165) is 11.3 Å². The summed E-state index contributed by atoms with van der Waals surface area (Å²) in [6, 6.07) is 11.0. The van der Waals surface area contributed by atoms with Crippen LogP contribution < -0.4 is 4.68 Å². The van der Waals surface area contributed by atoms with Crippen molar-refractivity contribution in [1.29, 1.82) is 0 Å². The summed E-state index contributed by atoms with van der Waals surface area (Å²) in [5.41, 5.74) is 1.87. The zero-order valence-corrected chi connectivity index (χ0v) is 9.29. The lowest BCUT2D eigenvalue weighted by Crippen LogP contribution is -2.39. The van der Waals surface area contributed by atoms with E-state index in [1.807, 2.05) is 37.3 Å². The summed E-state index contributed by atoms with van der Waals surface area (Å²) in [5, 5.41) is 10.1. The lowest BCUT2D eigenvalue weighted by atomic mass is 10.1. The van der Waals surface area contributed by atoms with Gasteiger partial charge >= 0.3 is 11.8 Å². The zero-order chi connectivity index (χ0) is 12.0. The van der Waals surface area contributed by atoms with Crippen molar-refractivity contribution in [3.05, 3.63) is 53.9 Å². The fourth-order valence-electron chi connectivity index (χ4n) is 2.08. The van der Waals surface area contributed by atoms with Gasteiger partial charge in [-0.15, -0.1) is 0 Å². The van der Waals surface area contributed by atoms with Gasteiger partial charge in [0.05, 0.1) is 5.69 Å². The highest BCUT2D eigenvalue weighted by Crippen LogP contribution is 2.24. The monoisotopic (exact) mass is 227 g/mol. The normalized spacial score (nSPS) is 14.3. The minimum Gasteiger partial charge on any atom is -0.457 e. The van der Waals surface area contributed by atoms with Crippen LogP contribution in [0.1, 0.15) is 16.1 Å². The molecule has 0 saturated carbocycles. The molecule has 0 atom stereocenters. The first-order valence-corrected chi connectivity index (χ1v) is 5.34. The summed E-state index contributed by atoms with van der Waals surface area (Å²) in [4.78, 5) is 12.2. The number of carbonyl (C=O) groups is 1. The van der Waals surface area contributed by atoms with E-state index in [0.29, 0.717) is 5.57 Å². The van der Waals surface area contributed by atoms with Crippen LogP contribution in [0, 0.1) is 6.92 Å². The highest BCUT2D eigenvalue weighted by Gasteiger charge is 2.39. The van der Waals surface area contributed by atoms with Crippen molar-refractivity contribution in [2.75, 3.05) is 0 Å². The summed E-state index contributed by atoms with van der Waals surface area (Å²) >= 11 is 0. The molecule has 84 valence electrons. The molecule has 1 aliphatic rings. The Labute approximate surface area is 98.0 Å². The standard InChI is InChI=1S/C13H10N2O2/c1-9-7-8-14-12(16)11(13(17)15(9)14)10-5-3-2-4-6-10/h2-8H,1H3/p+1. The Balaban J connectivity index is 2.22. The van der Waals surface area contributed by atoms with Gasteiger partial charge in [-0.2, -0.15) is 0 Å². The Morgan fingerprint density at radius 1 is 1.18 bits per heavy atom. The van der Waals surface area contributed by atoms with Crippen molar-refractivity contribution in [3.63, 3.8) is 0 Å². The molecule has 0 bridgehead atoms. The predicted molar refractivity (Wildman–Crippen MR) is 62.2 cm³/mol. The SMILES string of the molecule is Cc1cc[n+]2n1C(=O)C(c1ccccc1)=C2O. The first-order valence-electron chi connectivity index (χ1n) is 5.34. The van der Waals surface area contributed by atoms with Gasteiger partial charge in [0.2, 0.25) is 6.20 Å². The molecule has 4 heteroatoms. The van der Waals surface area contributed by atoms with Crippen LogP contribution in [0.3, 0.4) is 0 Å². The summed E-state index contributed by atoms with van der Waals surface area (Å²) in [5.74, 6) is -0.217. The fraction of sp³-hybridized carbons (Fsp3) is 0.0769. The largest absolute Gasteiger partial charge is 0.457 e. The maximum Gasteiger partial charge on any atom is 0.409 e. The number of aliphatic hydroxyl groups excluding tert-OH is 1. The Kier molecular flexibility index (Phi) is 1.92. The number of rotatable bonds is 1. The fourth-order valence-corrected chi connectivity index (χ4v) is 2.08. The van der Waals surface area contributed by atoms with E-state index >= 15 is 0 Å². The van der Waals surface area contributed by atoms with Crippen LogP contribution in [0.15, 0.2) is 42.6 Å². The zero-order valence-electron chi connectivity index (χ0n) is 9.29. The third-order valence-corrected chi connectivity index (χ3v) is 2.92. The van der Waals surface area contributed by atoms with Gasteiger partial charge in [0.25, 0.3) is 0 Å². The molecular weight excluding hydrogens is 216 g/mol. The van der Waals surface area contributed by atoms with Crippen LogP contribution in [-0.2, 0) is 0 Å². The van der Waals surface area contributed by atoms with Crippen LogP contribution in [-0.4, -0.2) is 15.7 Å².